The summed E-state index contributed by atoms with van der Waals surface area (Å²) in [7, 11) is 1.65. The Labute approximate surface area is 101 Å². The Morgan fingerprint density at radius 2 is 2.12 bits per heavy atom. The van der Waals surface area contributed by atoms with E-state index in [1.165, 1.54) is 0 Å². The third kappa shape index (κ3) is 3.76. The van der Waals surface area contributed by atoms with Gasteiger partial charge in [0.25, 0.3) is 0 Å². The van der Waals surface area contributed by atoms with E-state index in [1.54, 1.807) is 20.1 Å². The van der Waals surface area contributed by atoms with Gasteiger partial charge in [-0.25, -0.2) is 0 Å². The molecule has 0 amide bonds. The summed E-state index contributed by atoms with van der Waals surface area (Å²) in [5.41, 5.74) is -0.229. The lowest BCUT2D eigenvalue weighted by Gasteiger charge is -2.25. The lowest BCUT2D eigenvalue weighted by Crippen LogP contribution is -2.37. The molecule has 0 aliphatic carbocycles. The normalized spacial score (nSPS) is 14.8. The molecule has 0 radical (unpaired) electrons. The molecule has 90 valence electrons. The minimum atomic E-state index is -0.966. The second-order valence-electron chi connectivity index (χ2n) is 3.92. The largest absolute Gasteiger partial charge is 0.384 e. The Morgan fingerprint density at radius 1 is 1.44 bits per heavy atom. The molecule has 0 fully saturated rings. The van der Waals surface area contributed by atoms with E-state index >= 15 is 0 Å². The minimum absolute atomic E-state index is 0.445. The highest BCUT2D eigenvalue weighted by Gasteiger charge is 2.24. The SMILES string of the molecule is COCCNCC(C)(O)c1ccccc1Cl. The molecule has 0 saturated heterocycles. The molecule has 1 rings (SSSR count). The van der Waals surface area contributed by atoms with Gasteiger partial charge in [-0.05, 0) is 13.0 Å². The Bertz CT molecular complexity index is 329. The van der Waals surface area contributed by atoms with Crippen molar-refractivity contribution in [2.45, 2.75) is 12.5 Å². The molecule has 1 unspecified atom stereocenters. The number of nitrogens with one attached hydrogen (secondary N) is 1. The fourth-order valence-electron chi connectivity index (χ4n) is 1.50. The van der Waals surface area contributed by atoms with Crippen molar-refractivity contribution in [2.24, 2.45) is 0 Å². The summed E-state index contributed by atoms with van der Waals surface area (Å²) in [5.74, 6) is 0. The molecule has 4 heteroatoms. The number of hydrogen-bond donors (Lipinski definition) is 2. The lowest BCUT2D eigenvalue weighted by atomic mass is 9.96. The van der Waals surface area contributed by atoms with Gasteiger partial charge in [-0.3, -0.25) is 0 Å². The van der Waals surface area contributed by atoms with E-state index in [-0.39, 0.29) is 0 Å². The molecule has 0 heterocycles. The van der Waals surface area contributed by atoms with Crippen LogP contribution in [0.1, 0.15) is 12.5 Å². The fraction of sp³-hybridized carbons (Fsp3) is 0.500. The molecule has 2 N–H and O–H groups in total. The van der Waals surface area contributed by atoms with Gasteiger partial charge in [0.2, 0.25) is 0 Å². The van der Waals surface area contributed by atoms with E-state index < -0.39 is 5.60 Å². The summed E-state index contributed by atoms with van der Waals surface area (Å²) in [5, 5.41) is 14.0. The average Bonchev–Trinajstić information content (AvgIpc) is 2.25. The van der Waals surface area contributed by atoms with Crippen LogP contribution in [0.3, 0.4) is 0 Å². The van der Waals surface area contributed by atoms with Crippen LogP contribution in [0.5, 0.6) is 0 Å². The average molecular weight is 244 g/mol. The molecule has 0 aliphatic heterocycles. The Morgan fingerprint density at radius 3 is 2.75 bits per heavy atom. The van der Waals surface area contributed by atoms with Gasteiger partial charge >= 0.3 is 0 Å². The first kappa shape index (κ1) is 13.5. The van der Waals surface area contributed by atoms with E-state index in [9.17, 15) is 5.11 Å². The summed E-state index contributed by atoms with van der Waals surface area (Å²) in [4.78, 5) is 0. The molecule has 3 nitrogen and oxygen atoms in total. The summed E-state index contributed by atoms with van der Waals surface area (Å²) in [6.07, 6.45) is 0. The molecule has 1 aromatic rings. The van der Waals surface area contributed by atoms with Gasteiger partial charge in [0, 0.05) is 30.8 Å². The molecule has 0 aliphatic rings. The van der Waals surface area contributed by atoms with E-state index in [0.29, 0.717) is 24.7 Å². The van der Waals surface area contributed by atoms with Crippen molar-refractivity contribution in [1.82, 2.24) is 5.32 Å². The van der Waals surface area contributed by atoms with Gasteiger partial charge in [0.05, 0.1) is 6.61 Å². The van der Waals surface area contributed by atoms with Crippen molar-refractivity contribution < 1.29 is 9.84 Å². The van der Waals surface area contributed by atoms with Gasteiger partial charge in [-0.1, -0.05) is 29.8 Å². The first-order valence-corrected chi connectivity index (χ1v) is 5.63. The number of halogens is 1. The fourth-order valence-corrected chi connectivity index (χ4v) is 1.84. The summed E-state index contributed by atoms with van der Waals surface area (Å²) < 4.78 is 4.92. The van der Waals surface area contributed by atoms with Crippen molar-refractivity contribution in [3.8, 4) is 0 Å². The minimum Gasteiger partial charge on any atom is -0.384 e. The number of hydrogen-bond acceptors (Lipinski definition) is 3. The molecule has 1 atom stereocenters. The van der Waals surface area contributed by atoms with Crippen LogP contribution >= 0.6 is 11.6 Å². The zero-order valence-corrected chi connectivity index (χ0v) is 10.4. The molecular weight excluding hydrogens is 226 g/mol. The summed E-state index contributed by atoms with van der Waals surface area (Å²) >= 11 is 6.04. The monoisotopic (exact) mass is 243 g/mol. The van der Waals surface area contributed by atoms with Crippen LogP contribution in [0.25, 0.3) is 0 Å². The highest BCUT2D eigenvalue weighted by atomic mass is 35.5. The zero-order valence-electron chi connectivity index (χ0n) is 9.66. The van der Waals surface area contributed by atoms with E-state index in [2.05, 4.69) is 5.32 Å². The van der Waals surface area contributed by atoms with Gasteiger partial charge in [-0.15, -0.1) is 0 Å². The van der Waals surface area contributed by atoms with Crippen LogP contribution in [0, 0.1) is 0 Å². The smallest absolute Gasteiger partial charge is 0.101 e. The number of rotatable bonds is 6. The van der Waals surface area contributed by atoms with Crippen molar-refractivity contribution in [1.29, 1.82) is 0 Å². The Kier molecular flexibility index (Phi) is 5.22. The van der Waals surface area contributed by atoms with Crippen molar-refractivity contribution in [3.63, 3.8) is 0 Å². The Balaban J connectivity index is 2.59. The number of benzene rings is 1. The van der Waals surface area contributed by atoms with Crippen LogP contribution in [-0.2, 0) is 10.3 Å². The second kappa shape index (κ2) is 6.21. The predicted octanol–water partition coefficient (Wildman–Crippen LogP) is 1.78. The van der Waals surface area contributed by atoms with Crippen LogP contribution in [0.4, 0.5) is 0 Å². The van der Waals surface area contributed by atoms with Crippen LogP contribution < -0.4 is 5.32 Å². The molecule has 0 bridgehead atoms. The third-order valence-corrected chi connectivity index (χ3v) is 2.74. The number of aliphatic hydroxyl groups is 1. The maximum absolute atomic E-state index is 10.3. The first-order valence-electron chi connectivity index (χ1n) is 5.25. The van der Waals surface area contributed by atoms with Gasteiger partial charge in [0.1, 0.15) is 5.60 Å². The number of methoxy groups -OCH3 is 1. The van der Waals surface area contributed by atoms with E-state index in [0.717, 1.165) is 5.56 Å². The van der Waals surface area contributed by atoms with Gasteiger partial charge in [-0.2, -0.15) is 0 Å². The zero-order chi connectivity index (χ0) is 12.0. The van der Waals surface area contributed by atoms with Gasteiger partial charge < -0.3 is 15.2 Å². The topological polar surface area (TPSA) is 41.5 Å². The van der Waals surface area contributed by atoms with Crippen LogP contribution in [0.15, 0.2) is 24.3 Å². The highest BCUT2D eigenvalue weighted by Crippen LogP contribution is 2.26. The number of ether oxygens (including phenoxy) is 1. The molecular formula is C12H18ClNO2. The molecule has 0 saturated carbocycles. The Hall–Kier alpha value is -0.610. The maximum atomic E-state index is 10.3. The predicted molar refractivity (Wildman–Crippen MR) is 65.8 cm³/mol. The van der Waals surface area contributed by atoms with E-state index in [1.807, 2.05) is 18.2 Å². The van der Waals surface area contributed by atoms with Crippen molar-refractivity contribution >= 4 is 11.6 Å². The van der Waals surface area contributed by atoms with E-state index in [4.69, 9.17) is 16.3 Å². The maximum Gasteiger partial charge on any atom is 0.101 e. The highest BCUT2D eigenvalue weighted by molar-refractivity contribution is 6.31. The first-order chi connectivity index (χ1) is 7.58. The van der Waals surface area contributed by atoms with Gasteiger partial charge in [0.15, 0.2) is 0 Å². The molecule has 0 aromatic heterocycles. The third-order valence-electron chi connectivity index (χ3n) is 2.41. The summed E-state index contributed by atoms with van der Waals surface area (Å²) in [6, 6.07) is 7.33. The molecule has 16 heavy (non-hydrogen) atoms. The van der Waals surface area contributed by atoms with Crippen molar-refractivity contribution in [2.75, 3.05) is 26.8 Å². The van der Waals surface area contributed by atoms with Crippen LogP contribution in [-0.4, -0.2) is 31.9 Å². The quantitative estimate of drug-likeness (QED) is 0.749. The van der Waals surface area contributed by atoms with Crippen LogP contribution in [0.2, 0.25) is 5.02 Å². The second-order valence-corrected chi connectivity index (χ2v) is 4.33. The van der Waals surface area contributed by atoms with Crippen molar-refractivity contribution in [3.05, 3.63) is 34.9 Å². The molecule has 0 spiro atoms. The lowest BCUT2D eigenvalue weighted by molar-refractivity contribution is 0.0551. The molecule has 1 aromatic carbocycles. The standard InChI is InChI=1S/C12H18ClNO2/c1-12(15,9-14-7-8-16-2)10-5-3-4-6-11(10)13/h3-6,14-15H,7-9H2,1-2H3. The summed E-state index contributed by atoms with van der Waals surface area (Å²) in [6.45, 7) is 3.52.